The molecule has 3 aromatic heterocycles. The lowest BCUT2D eigenvalue weighted by atomic mass is 9.91. The highest BCUT2D eigenvalue weighted by Gasteiger charge is 2.47. The molecule has 1 aliphatic carbocycles. The number of halogens is 6. The smallest absolute Gasteiger partial charge is 0.425 e. The minimum absolute atomic E-state index is 0.00814. The molecule has 0 spiro atoms. The molecule has 3 amide bonds. The summed E-state index contributed by atoms with van der Waals surface area (Å²) >= 11 is 0.546. The maximum atomic E-state index is 18.2. The molecule has 8 rings (SSSR count). The Bertz CT molecular complexity index is 3150. The molecular formula is C53H58F6N8O8S. The van der Waals surface area contributed by atoms with E-state index in [1.807, 2.05) is 6.07 Å². The normalized spacial score (nSPS) is 16.3. The van der Waals surface area contributed by atoms with Crippen molar-refractivity contribution in [3.63, 3.8) is 0 Å². The summed E-state index contributed by atoms with van der Waals surface area (Å²) in [7, 11) is 0. The monoisotopic (exact) mass is 1080 g/mol. The van der Waals surface area contributed by atoms with Crippen LogP contribution < -0.4 is 24.6 Å². The van der Waals surface area contributed by atoms with Crippen LogP contribution in [0.2, 0.25) is 0 Å². The molecule has 5 aromatic rings. The lowest BCUT2D eigenvalue weighted by Gasteiger charge is -2.33. The third-order valence-corrected chi connectivity index (χ3v) is 13.8. The summed E-state index contributed by atoms with van der Waals surface area (Å²) in [4.78, 5) is 58.9. The summed E-state index contributed by atoms with van der Waals surface area (Å²) in [6.07, 6.45) is -4.22. The van der Waals surface area contributed by atoms with Gasteiger partial charge in [-0.1, -0.05) is 12.1 Å². The van der Waals surface area contributed by atoms with Crippen LogP contribution in [-0.4, -0.2) is 94.3 Å². The molecule has 2 aliphatic heterocycles. The van der Waals surface area contributed by atoms with E-state index in [2.05, 4.69) is 20.2 Å². The SMILES string of the molecule is C[C@H](c1cccnc1N(C(=O)OC(C)(C)C)C(=O)OC(C)(C)C)N1CCOc2c(C(F)(F)F)c(-c3ccc(F)c4sc(NC(=O)OC(C)(C)C)c(C#N)c34)c(F)c3nc(OCC4(CN5CCC(=CF)CC5)CC4)nc1c23. The Morgan fingerprint density at radius 3 is 2.16 bits per heavy atom. The third kappa shape index (κ3) is 11.7. The van der Waals surface area contributed by atoms with Crippen molar-refractivity contribution in [1.29, 1.82) is 5.26 Å². The van der Waals surface area contributed by atoms with Gasteiger partial charge in [-0.2, -0.15) is 33.3 Å². The fourth-order valence-corrected chi connectivity index (χ4v) is 10.2. The van der Waals surface area contributed by atoms with Crippen LogP contribution in [0, 0.1) is 28.4 Å². The Hall–Kier alpha value is -6.93. The van der Waals surface area contributed by atoms with Gasteiger partial charge in [0.25, 0.3) is 0 Å². The van der Waals surface area contributed by atoms with E-state index in [1.165, 1.54) is 23.2 Å². The fourth-order valence-electron chi connectivity index (χ4n) is 9.18. The predicted molar refractivity (Wildman–Crippen MR) is 272 cm³/mol. The number of nitrogens with zero attached hydrogens (tertiary/aromatic N) is 7. The molecule has 3 aliphatic rings. The summed E-state index contributed by atoms with van der Waals surface area (Å²) in [6.45, 7) is 17.0. The lowest BCUT2D eigenvalue weighted by molar-refractivity contribution is -0.138. The largest absolute Gasteiger partial charge is 0.490 e. The second-order valence-electron chi connectivity index (χ2n) is 22.1. The Labute approximate surface area is 438 Å². The zero-order valence-corrected chi connectivity index (χ0v) is 44.5. The number of imide groups is 1. The van der Waals surface area contributed by atoms with Crippen molar-refractivity contribution in [2.75, 3.05) is 54.5 Å². The summed E-state index contributed by atoms with van der Waals surface area (Å²) < 4.78 is 125. The number of anilines is 3. The number of thiophene rings is 1. The number of nitriles is 1. The number of amides is 3. The molecule has 1 saturated heterocycles. The van der Waals surface area contributed by atoms with Crippen molar-refractivity contribution in [1.82, 2.24) is 19.9 Å². The average Bonchev–Trinajstić information content (AvgIpc) is 4.02. The highest BCUT2D eigenvalue weighted by molar-refractivity contribution is 7.23. The van der Waals surface area contributed by atoms with Crippen molar-refractivity contribution < 1.29 is 64.4 Å². The summed E-state index contributed by atoms with van der Waals surface area (Å²) in [6, 6.07) is 5.15. The van der Waals surface area contributed by atoms with Crippen LogP contribution in [0.25, 0.3) is 32.1 Å². The second-order valence-corrected chi connectivity index (χ2v) is 23.1. The number of benzene rings is 2. The molecule has 406 valence electrons. The highest BCUT2D eigenvalue weighted by atomic mass is 32.1. The molecule has 1 N–H and O–H groups in total. The minimum atomic E-state index is -5.42. The van der Waals surface area contributed by atoms with Crippen LogP contribution in [0.5, 0.6) is 11.8 Å². The molecule has 23 heteroatoms. The van der Waals surface area contributed by atoms with Gasteiger partial charge < -0.3 is 33.5 Å². The first-order valence-electron chi connectivity index (χ1n) is 24.6. The van der Waals surface area contributed by atoms with Crippen LogP contribution in [0.1, 0.15) is 118 Å². The van der Waals surface area contributed by atoms with E-state index in [0.717, 1.165) is 25.0 Å². The van der Waals surface area contributed by atoms with Crippen LogP contribution in [-0.2, 0) is 20.4 Å². The molecule has 0 radical (unpaired) electrons. The zero-order chi connectivity index (χ0) is 55.4. The predicted octanol–water partition coefficient (Wildman–Crippen LogP) is 13.2. The van der Waals surface area contributed by atoms with E-state index in [0.29, 0.717) is 60.6 Å². The lowest BCUT2D eigenvalue weighted by Crippen LogP contribution is -2.45. The number of carbonyl (C=O) groups excluding carboxylic acids is 3. The topological polar surface area (TPSA) is 182 Å². The number of nitrogens with one attached hydrogen (secondary N) is 1. The first kappa shape index (κ1) is 55.3. The van der Waals surface area contributed by atoms with E-state index < -0.39 is 121 Å². The van der Waals surface area contributed by atoms with Crippen molar-refractivity contribution >= 4 is 67.2 Å². The van der Waals surface area contributed by atoms with Crippen molar-refractivity contribution in [3.05, 3.63) is 70.7 Å². The number of alkyl halides is 3. The van der Waals surface area contributed by atoms with E-state index in [4.69, 9.17) is 28.7 Å². The number of likely N-dealkylation sites (tertiary alicyclic amines) is 1. The van der Waals surface area contributed by atoms with Crippen molar-refractivity contribution in [2.45, 2.75) is 124 Å². The Morgan fingerprint density at radius 2 is 1.58 bits per heavy atom. The maximum Gasteiger partial charge on any atom is 0.425 e. The first-order chi connectivity index (χ1) is 35.5. The Morgan fingerprint density at radius 1 is 0.934 bits per heavy atom. The Balaban J connectivity index is 1.34. The standard InChI is InChI=1S/C53H58F6N8O8S/c1-28(30-12-11-19-61-42(30)67(47(69)74-50(5,6)7)48(70)75-51(8,9)10)66-22-23-71-40-36-39(62-45(63-43(36)66)72-27-52(17-18-52)26-65-20-15-29(24-54)16-21-65)38(56)35(37(40)53(57,58)59)31-13-14-33(55)41-34(31)32(25-60)44(76-41)64-46(68)73-49(2,3)4/h11-14,19,24,28H,15-18,20-23,26-27H2,1-10H3,(H,64,68)/t28-/m1/s1. The maximum absolute atomic E-state index is 18.2. The molecule has 76 heavy (non-hydrogen) atoms. The van der Waals surface area contributed by atoms with Gasteiger partial charge in [0.05, 0.1) is 41.2 Å². The molecule has 5 heterocycles. The number of hydrogen-bond acceptors (Lipinski definition) is 15. The summed E-state index contributed by atoms with van der Waals surface area (Å²) in [5.41, 5.74) is -7.27. The number of piperidine rings is 1. The number of rotatable bonds is 10. The van der Waals surface area contributed by atoms with Gasteiger partial charge in [-0.05, 0) is 118 Å². The van der Waals surface area contributed by atoms with Crippen LogP contribution in [0.3, 0.4) is 0 Å². The third-order valence-electron chi connectivity index (χ3n) is 12.7. The second kappa shape index (κ2) is 20.5. The van der Waals surface area contributed by atoms with Crippen molar-refractivity contribution in [2.24, 2.45) is 5.41 Å². The molecule has 1 saturated carbocycles. The van der Waals surface area contributed by atoms with E-state index in [-0.39, 0.29) is 40.1 Å². The van der Waals surface area contributed by atoms with Crippen LogP contribution >= 0.6 is 11.3 Å². The van der Waals surface area contributed by atoms with Gasteiger partial charge in [0.15, 0.2) is 11.6 Å². The number of carbonyl (C=O) groups is 3. The van der Waals surface area contributed by atoms with Gasteiger partial charge >= 0.3 is 30.5 Å². The van der Waals surface area contributed by atoms with Crippen LogP contribution in [0.4, 0.5) is 57.4 Å². The molecule has 1 atom stereocenters. The van der Waals surface area contributed by atoms with Gasteiger partial charge in [-0.25, -0.2) is 32.5 Å². The fraction of sp³-hybridized carbons (Fsp3) is 0.491. The minimum Gasteiger partial charge on any atom is -0.490 e. The number of hydrogen-bond donors (Lipinski definition) is 1. The highest BCUT2D eigenvalue weighted by Crippen LogP contribution is 2.55. The summed E-state index contributed by atoms with van der Waals surface area (Å²) in [5, 5.41) is 11.7. The molecule has 2 fully saturated rings. The quantitative estimate of drug-likeness (QED) is 0.103. The van der Waals surface area contributed by atoms with Gasteiger partial charge in [-0.3, -0.25) is 5.32 Å². The van der Waals surface area contributed by atoms with Gasteiger partial charge in [0.1, 0.15) is 62.9 Å². The Kier molecular flexibility index (Phi) is 15.0. The molecule has 0 bridgehead atoms. The van der Waals surface area contributed by atoms with E-state index >= 15 is 22.0 Å². The summed E-state index contributed by atoms with van der Waals surface area (Å²) in [5.74, 6) is -3.97. The number of aromatic nitrogens is 3. The molecule has 0 unspecified atom stereocenters. The average molecular weight is 1080 g/mol. The number of ether oxygens (including phenoxy) is 5. The molecular weight excluding hydrogens is 1020 g/mol. The van der Waals surface area contributed by atoms with Gasteiger partial charge in [-0.15, -0.1) is 11.3 Å². The number of pyridine rings is 1. The van der Waals surface area contributed by atoms with E-state index in [1.54, 1.807) is 69.2 Å². The van der Waals surface area contributed by atoms with Gasteiger partial charge in [0, 0.05) is 47.8 Å². The zero-order valence-electron chi connectivity index (χ0n) is 43.7. The van der Waals surface area contributed by atoms with Crippen LogP contribution in [0.15, 0.2) is 42.4 Å². The number of fused-ring (bicyclic) bond motifs is 1. The molecule has 2 aromatic carbocycles. The van der Waals surface area contributed by atoms with E-state index in [9.17, 15) is 24.0 Å². The molecule has 16 nitrogen and oxygen atoms in total. The first-order valence-corrected chi connectivity index (χ1v) is 25.4. The van der Waals surface area contributed by atoms with Crippen molar-refractivity contribution in [3.8, 4) is 29.0 Å². The van der Waals surface area contributed by atoms with Gasteiger partial charge in [0.2, 0.25) is 0 Å².